The van der Waals surface area contributed by atoms with Crippen molar-refractivity contribution in [1.82, 2.24) is 29.6 Å². The molecule has 0 aliphatic rings. The number of pyridine rings is 1. The zero-order valence-corrected chi connectivity index (χ0v) is 14.0. The summed E-state index contributed by atoms with van der Waals surface area (Å²) >= 11 is 0. The molecule has 1 N–H and O–H groups in total. The van der Waals surface area contributed by atoms with Crippen LogP contribution in [0.5, 0.6) is 0 Å². The molecule has 0 aromatic carbocycles. The summed E-state index contributed by atoms with van der Waals surface area (Å²) in [5.41, 5.74) is 2.43. The van der Waals surface area contributed by atoms with Crippen LogP contribution in [0.4, 0.5) is 0 Å². The predicted octanol–water partition coefficient (Wildman–Crippen LogP) is 2.05. The zero-order chi connectivity index (χ0) is 17.1. The lowest BCUT2D eigenvalue weighted by Crippen LogP contribution is -2.23. The van der Waals surface area contributed by atoms with Crippen molar-refractivity contribution in [2.24, 2.45) is 7.05 Å². The highest BCUT2D eigenvalue weighted by atomic mass is 16.1. The molecule has 0 bridgehead atoms. The first-order valence-corrected chi connectivity index (χ1v) is 7.80. The lowest BCUT2D eigenvalue weighted by atomic mass is 10.1. The van der Waals surface area contributed by atoms with Gasteiger partial charge in [0, 0.05) is 37.9 Å². The van der Waals surface area contributed by atoms with Gasteiger partial charge in [-0.2, -0.15) is 5.10 Å². The van der Waals surface area contributed by atoms with Crippen LogP contribution in [0.25, 0.3) is 5.82 Å². The van der Waals surface area contributed by atoms with Crippen molar-refractivity contribution in [2.75, 3.05) is 0 Å². The van der Waals surface area contributed by atoms with Crippen molar-refractivity contribution in [3.8, 4) is 5.82 Å². The second-order valence-corrected chi connectivity index (χ2v) is 5.91. The van der Waals surface area contributed by atoms with Gasteiger partial charge in [0.15, 0.2) is 0 Å². The van der Waals surface area contributed by atoms with Crippen molar-refractivity contribution < 1.29 is 4.79 Å². The molecule has 0 spiro atoms. The van der Waals surface area contributed by atoms with E-state index in [4.69, 9.17) is 0 Å². The van der Waals surface area contributed by atoms with E-state index in [1.807, 2.05) is 36.0 Å². The Kier molecular flexibility index (Phi) is 4.41. The number of nitrogens with zero attached hydrogens (tertiary/aromatic N) is 5. The number of carbonyl (C=O) groups excluding carboxylic acids is 1. The molecular weight excluding hydrogens is 304 g/mol. The topological polar surface area (TPSA) is 77.6 Å². The minimum Gasteiger partial charge on any atom is -0.347 e. The van der Waals surface area contributed by atoms with E-state index in [2.05, 4.69) is 34.2 Å². The van der Waals surface area contributed by atoms with E-state index in [0.29, 0.717) is 18.2 Å². The van der Waals surface area contributed by atoms with Gasteiger partial charge in [0.25, 0.3) is 5.91 Å². The highest BCUT2D eigenvalue weighted by Gasteiger charge is 2.14. The average Bonchev–Trinajstić information content (AvgIpc) is 3.22. The number of nitrogens with one attached hydrogen (secondary N) is 1. The van der Waals surface area contributed by atoms with Crippen LogP contribution in [-0.2, 0) is 13.6 Å². The number of carbonyl (C=O) groups is 1. The second kappa shape index (κ2) is 6.66. The van der Waals surface area contributed by atoms with Crippen LogP contribution in [0, 0.1) is 0 Å². The summed E-state index contributed by atoms with van der Waals surface area (Å²) < 4.78 is 3.57. The van der Waals surface area contributed by atoms with Crippen LogP contribution in [0.15, 0.2) is 43.1 Å². The summed E-state index contributed by atoms with van der Waals surface area (Å²) in [6.07, 6.45) is 6.93. The summed E-state index contributed by atoms with van der Waals surface area (Å²) in [5, 5.41) is 7.18. The molecule has 1 amide bonds. The molecule has 0 aliphatic heterocycles. The predicted molar refractivity (Wildman–Crippen MR) is 89.8 cm³/mol. The molecule has 0 fully saturated rings. The van der Waals surface area contributed by atoms with Crippen molar-refractivity contribution in [3.05, 3.63) is 60.1 Å². The van der Waals surface area contributed by atoms with Gasteiger partial charge in [-0.05, 0) is 29.7 Å². The van der Waals surface area contributed by atoms with Gasteiger partial charge in [0.05, 0.1) is 0 Å². The third-order valence-corrected chi connectivity index (χ3v) is 3.77. The van der Waals surface area contributed by atoms with Gasteiger partial charge in [0.2, 0.25) is 0 Å². The molecule has 24 heavy (non-hydrogen) atoms. The van der Waals surface area contributed by atoms with Gasteiger partial charge >= 0.3 is 0 Å². The Morgan fingerprint density at radius 2 is 2.12 bits per heavy atom. The molecule has 0 saturated heterocycles. The Bertz CT molecular complexity index is 835. The van der Waals surface area contributed by atoms with E-state index in [-0.39, 0.29) is 5.91 Å². The minimum atomic E-state index is -0.182. The first kappa shape index (κ1) is 15.9. The summed E-state index contributed by atoms with van der Waals surface area (Å²) in [5.74, 6) is 0.902. The molecule has 0 radical (unpaired) electrons. The van der Waals surface area contributed by atoms with Gasteiger partial charge in [-0.15, -0.1) is 0 Å². The Balaban J connectivity index is 1.68. The van der Waals surface area contributed by atoms with Gasteiger partial charge < -0.3 is 5.32 Å². The van der Waals surface area contributed by atoms with Gasteiger partial charge in [-0.1, -0.05) is 13.8 Å². The normalized spacial score (nSPS) is 11.0. The maximum absolute atomic E-state index is 12.3. The van der Waals surface area contributed by atoms with Crippen LogP contribution in [0.1, 0.15) is 41.5 Å². The largest absolute Gasteiger partial charge is 0.347 e. The first-order valence-electron chi connectivity index (χ1n) is 7.80. The lowest BCUT2D eigenvalue weighted by molar-refractivity contribution is 0.0945. The van der Waals surface area contributed by atoms with Gasteiger partial charge in [-0.3, -0.25) is 14.0 Å². The summed E-state index contributed by atoms with van der Waals surface area (Å²) in [7, 11) is 1.85. The molecule has 7 nitrogen and oxygen atoms in total. The lowest BCUT2D eigenvalue weighted by Gasteiger charge is -2.06. The average molecular weight is 324 g/mol. The number of hydrogen-bond donors (Lipinski definition) is 1. The summed E-state index contributed by atoms with van der Waals surface area (Å²) in [6, 6.07) is 5.63. The van der Waals surface area contributed by atoms with E-state index in [1.54, 1.807) is 23.4 Å². The third-order valence-electron chi connectivity index (χ3n) is 3.77. The van der Waals surface area contributed by atoms with Crippen molar-refractivity contribution >= 4 is 5.91 Å². The standard InChI is InChI=1S/C17H20N6O/c1-12(2)15-9-14(21-22(15)3)17(24)20-10-13-4-5-19-16(8-13)23-7-6-18-11-23/h4-9,11-12H,10H2,1-3H3,(H,20,24). The third kappa shape index (κ3) is 3.34. The fraction of sp³-hybridized carbons (Fsp3) is 0.294. The Morgan fingerprint density at radius 3 is 2.79 bits per heavy atom. The number of hydrogen-bond acceptors (Lipinski definition) is 4. The van der Waals surface area contributed by atoms with E-state index in [1.165, 1.54) is 0 Å². The maximum Gasteiger partial charge on any atom is 0.272 e. The molecule has 3 heterocycles. The fourth-order valence-corrected chi connectivity index (χ4v) is 2.51. The molecule has 7 heteroatoms. The molecule has 124 valence electrons. The monoisotopic (exact) mass is 324 g/mol. The highest BCUT2D eigenvalue weighted by molar-refractivity contribution is 5.92. The smallest absolute Gasteiger partial charge is 0.272 e. The van der Waals surface area contributed by atoms with Crippen molar-refractivity contribution in [1.29, 1.82) is 0 Å². The van der Waals surface area contributed by atoms with Crippen LogP contribution >= 0.6 is 0 Å². The van der Waals surface area contributed by atoms with Gasteiger partial charge in [0.1, 0.15) is 17.8 Å². The van der Waals surface area contributed by atoms with Crippen LogP contribution in [-0.4, -0.2) is 30.2 Å². The number of rotatable bonds is 5. The Hall–Kier alpha value is -2.96. The summed E-state index contributed by atoms with van der Waals surface area (Å²) in [6.45, 7) is 4.57. The van der Waals surface area contributed by atoms with E-state index in [9.17, 15) is 4.79 Å². The maximum atomic E-state index is 12.3. The quantitative estimate of drug-likeness (QED) is 0.779. The number of aryl methyl sites for hydroxylation is 1. The van der Waals surface area contributed by atoms with Crippen LogP contribution < -0.4 is 5.32 Å². The van der Waals surface area contributed by atoms with Crippen molar-refractivity contribution in [2.45, 2.75) is 26.3 Å². The number of aromatic nitrogens is 5. The fourth-order valence-electron chi connectivity index (χ4n) is 2.51. The summed E-state index contributed by atoms with van der Waals surface area (Å²) in [4.78, 5) is 20.6. The minimum absolute atomic E-state index is 0.182. The Morgan fingerprint density at radius 1 is 1.29 bits per heavy atom. The molecule has 0 aliphatic carbocycles. The molecule has 3 aromatic heterocycles. The number of imidazole rings is 1. The first-order chi connectivity index (χ1) is 11.5. The molecule has 3 rings (SSSR count). The molecule has 0 unspecified atom stereocenters. The van der Waals surface area contributed by atoms with Crippen LogP contribution in [0.2, 0.25) is 0 Å². The SMILES string of the molecule is CC(C)c1cc(C(=O)NCc2ccnc(-n3ccnc3)c2)nn1C. The Labute approximate surface area is 140 Å². The van der Waals surface area contributed by atoms with Crippen molar-refractivity contribution in [3.63, 3.8) is 0 Å². The molecule has 0 atom stereocenters. The van der Waals surface area contributed by atoms with E-state index in [0.717, 1.165) is 17.1 Å². The molecule has 0 saturated carbocycles. The highest BCUT2D eigenvalue weighted by Crippen LogP contribution is 2.14. The molecule has 3 aromatic rings. The molecular formula is C17H20N6O. The van der Waals surface area contributed by atoms with Crippen LogP contribution in [0.3, 0.4) is 0 Å². The number of amides is 1. The van der Waals surface area contributed by atoms with Gasteiger partial charge in [-0.25, -0.2) is 9.97 Å². The van der Waals surface area contributed by atoms with E-state index < -0.39 is 0 Å². The van der Waals surface area contributed by atoms with E-state index >= 15 is 0 Å². The zero-order valence-electron chi connectivity index (χ0n) is 14.0. The second-order valence-electron chi connectivity index (χ2n) is 5.91.